The van der Waals surface area contributed by atoms with Crippen LogP contribution in [-0.2, 0) is 0 Å². The van der Waals surface area contributed by atoms with Crippen LogP contribution in [-0.4, -0.2) is 48.8 Å². The number of piperidine rings is 1. The standard InChI is InChI=1S/C13H28N2O/c1-12(2)15(8-3-4-9-16)11-13-6-5-7-14-10-13/h12-14,16H,3-11H2,1-2H3. The van der Waals surface area contributed by atoms with Gasteiger partial charge in [0.15, 0.2) is 0 Å². The van der Waals surface area contributed by atoms with Crippen molar-refractivity contribution >= 4 is 0 Å². The summed E-state index contributed by atoms with van der Waals surface area (Å²) in [4.78, 5) is 2.56. The lowest BCUT2D eigenvalue weighted by Gasteiger charge is -2.32. The first kappa shape index (κ1) is 13.9. The van der Waals surface area contributed by atoms with Crippen molar-refractivity contribution in [1.82, 2.24) is 10.2 Å². The molecule has 16 heavy (non-hydrogen) atoms. The van der Waals surface area contributed by atoms with Crippen molar-refractivity contribution in [2.75, 3.05) is 32.8 Å². The summed E-state index contributed by atoms with van der Waals surface area (Å²) in [7, 11) is 0. The van der Waals surface area contributed by atoms with Gasteiger partial charge in [-0.3, -0.25) is 0 Å². The maximum atomic E-state index is 8.81. The van der Waals surface area contributed by atoms with Crippen molar-refractivity contribution in [3.05, 3.63) is 0 Å². The number of nitrogens with zero attached hydrogens (tertiary/aromatic N) is 1. The van der Waals surface area contributed by atoms with Crippen molar-refractivity contribution < 1.29 is 5.11 Å². The summed E-state index contributed by atoms with van der Waals surface area (Å²) in [6.45, 7) is 9.61. The maximum Gasteiger partial charge on any atom is 0.0431 e. The summed E-state index contributed by atoms with van der Waals surface area (Å²) < 4.78 is 0. The Morgan fingerprint density at radius 1 is 1.38 bits per heavy atom. The summed E-state index contributed by atoms with van der Waals surface area (Å²) in [6.07, 6.45) is 4.75. The first-order valence-electron chi connectivity index (χ1n) is 6.79. The molecule has 1 aliphatic heterocycles. The lowest BCUT2D eigenvalue weighted by Crippen LogP contribution is -2.41. The molecule has 0 amide bonds. The Labute approximate surface area is 100 Å². The number of hydrogen-bond donors (Lipinski definition) is 2. The number of unbranched alkanes of at least 4 members (excludes halogenated alkanes) is 1. The van der Waals surface area contributed by atoms with E-state index in [0.29, 0.717) is 12.6 Å². The third-order valence-electron chi connectivity index (χ3n) is 3.48. The summed E-state index contributed by atoms with van der Waals surface area (Å²) >= 11 is 0. The normalized spacial score (nSPS) is 21.9. The Morgan fingerprint density at radius 2 is 2.19 bits per heavy atom. The van der Waals surface area contributed by atoms with Crippen LogP contribution < -0.4 is 5.32 Å². The van der Waals surface area contributed by atoms with Crippen LogP contribution >= 0.6 is 0 Å². The highest BCUT2D eigenvalue weighted by molar-refractivity contribution is 4.74. The van der Waals surface area contributed by atoms with Crippen molar-refractivity contribution in [2.24, 2.45) is 5.92 Å². The Hall–Kier alpha value is -0.120. The van der Waals surface area contributed by atoms with Crippen LogP contribution in [0.1, 0.15) is 39.5 Å². The van der Waals surface area contributed by atoms with Gasteiger partial charge >= 0.3 is 0 Å². The van der Waals surface area contributed by atoms with Gasteiger partial charge in [0.05, 0.1) is 0 Å². The number of nitrogens with one attached hydrogen (secondary N) is 1. The predicted octanol–water partition coefficient (Wildman–Crippen LogP) is 1.47. The molecule has 0 bridgehead atoms. The van der Waals surface area contributed by atoms with Crippen LogP contribution in [0.5, 0.6) is 0 Å². The van der Waals surface area contributed by atoms with Gasteiger partial charge in [0.1, 0.15) is 0 Å². The van der Waals surface area contributed by atoms with Crippen LogP contribution in [0.4, 0.5) is 0 Å². The molecule has 0 radical (unpaired) electrons. The number of rotatable bonds is 7. The van der Waals surface area contributed by atoms with Gasteiger partial charge in [0.25, 0.3) is 0 Å². The highest BCUT2D eigenvalue weighted by Gasteiger charge is 2.18. The minimum atomic E-state index is 0.330. The van der Waals surface area contributed by atoms with E-state index in [-0.39, 0.29) is 0 Å². The van der Waals surface area contributed by atoms with Crippen molar-refractivity contribution in [2.45, 2.75) is 45.6 Å². The summed E-state index contributed by atoms with van der Waals surface area (Å²) in [5.41, 5.74) is 0. The highest BCUT2D eigenvalue weighted by atomic mass is 16.2. The molecule has 0 spiro atoms. The van der Waals surface area contributed by atoms with Gasteiger partial charge in [-0.25, -0.2) is 0 Å². The average Bonchev–Trinajstić information content (AvgIpc) is 2.29. The molecule has 1 aliphatic rings. The van der Waals surface area contributed by atoms with E-state index in [2.05, 4.69) is 24.1 Å². The summed E-state index contributed by atoms with van der Waals surface area (Å²) in [6, 6.07) is 0.626. The minimum Gasteiger partial charge on any atom is -0.396 e. The van der Waals surface area contributed by atoms with Crippen molar-refractivity contribution in [3.8, 4) is 0 Å². The summed E-state index contributed by atoms with van der Waals surface area (Å²) in [5, 5.41) is 12.3. The van der Waals surface area contributed by atoms with E-state index >= 15 is 0 Å². The predicted molar refractivity (Wildman–Crippen MR) is 68.6 cm³/mol. The topological polar surface area (TPSA) is 35.5 Å². The Balaban J connectivity index is 2.25. The van der Waals surface area contributed by atoms with Gasteiger partial charge in [-0.2, -0.15) is 0 Å². The second kappa shape index (κ2) is 8.04. The molecule has 0 aromatic carbocycles. The zero-order chi connectivity index (χ0) is 11.8. The number of hydrogen-bond acceptors (Lipinski definition) is 3. The van der Waals surface area contributed by atoms with Crippen LogP contribution in [0.2, 0.25) is 0 Å². The Bertz CT molecular complexity index is 167. The molecule has 0 aromatic rings. The zero-order valence-corrected chi connectivity index (χ0v) is 10.9. The van der Waals surface area contributed by atoms with Crippen LogP contribution in [0.3, 0.4) is 0 Å². The van der Waals surface area contributed by atoms with Gasteiger partial charge in [0.2, 0.25) is 0 Å². The van der Waals surface area contributed by atoms with Crippen LogP contribution in [0, 0.1) is 5.92 Å². The lowest BCUT2D eigenvalue weighted by atomic mass is 9.98. The first-order chi connectivity index (χ1) is 7.74. The fourth-order valence-corrected chi connectivity index (χ4v) is 2.40. The Morgan fingerprint density at radius 3 is 2.75 bits per heavy atom. The third kappa shape index (κ3) is 5.28. The fraction of sp³-hybridized carbons (Fsp3) is 1.00. The van der Waals surface area contributed by atoms with E-state index in [4.69, 9.17) is 5.11 Å². The second-order valence-corrected chi connectivity index (χ2v) is 5.23. The molecule has 3 nitrogen and oxygen atoms in total. The summed E-state index contributed by atoms with van der Waals surface area (Å²) in [5.74, 6) is 0.824. The van der Waals surface area contributed by atoms with Gasteiger partial charge in [-0.05, 0) is 65.1 Å². The molecule has 0 aliphatic carbocycles. The van der Waals surface area contributed by atoms with E-state index in [0.717, 1.165) is 25.3 Å². The monoisotopic (exact) mass is 228 g/mol. The van der Waals surface area contributed by atoms with Crippen LogP contribution in [0.25, 0.3) is 0 Å². The average molecular weight is 228 g/mol. The number of aliphatic hydroxyl groups excluding tert-OH is 1. The SMILES string of the molecule is CC(C)N(CCCCO)CC1CCCNC1. The number of aliphatic hydroxyl groups is 1. The Kier molecular flexibility index (Phi) is 7.01. The van der Waals surface area contributed by atoms with E-state index in [1.54, 1.807) is 0 Å². The van der Waals surface area contributed by atoms with Crippen LogP contribution in [0.15, 0.2) is 0 Å². The molecule has 3 heteroatoms. The van der Waals surface area contributed by atoms with E-state index in [1.165, 1.54) is 32.5 Å². The van der Waals surface area contributed by atoms with Gasteiger partial charge < -0.3 is 15.3 Å². The maximum absolute atomic E-state index is 8.81. The van der Waals surface area contributed by atoms with E-state index in [9.17, 15) is 0 Å². The van der Waals surface area contributed by atoms with Gasteiger partial charge in [-0.15, -0.1) is 0 Å². The smallest absolute Gasteiger partial charge is 0.0431 e. The first-order valence-corrected chi connectivity index (χ1v) is 6.79. The highest BCUT2D eigenvalue weighted by Crippen LogP contribution is 2.14. The third-order valence-corrected chi connectivity index (χ3v) is 3.48. The largest absolute Gasteiger partial charge is 0.396 e. The van der Waals surface area contributed by atoms with E-state index < -0.39 is 0 Å². The second-order valence-electron chi connectivity index (χ2n) is 5.23. The fourth-order valence-electron chi connectivity index (χ4n) is 2.40. The van der Waals surface area contributed by atoms with Gasteiger partial charge in [0, 0.05) is 19.2 Å². The minimum absolute atomic E-state index is 0.330. The molecule has 1 atom stereocenters. The molecule has 1 unspecified atom stereocenters. The molecule has 2 N–H and O–H groups in total. The lowest BCUT2D eigenvalue weighted by molar-refractivity contribution is 0.163. The quantitative estimate of drug-likeness (QED) is 0.648. The zero-order valence-electron chi connectivity index (χ0n) is 10.9. The van der Waals surface area contributed by atoms with E-state index in [1.807, 2.05) is 0 Å². The molecular formula is C13H28N2O. The van der Waals surface area contributed by atoms with Crippen molar-refractivity contribution in [1.29, 1.82) is 0 Å². The molecule has 96 valence electrons. The molecule has 0 aromatic heterocycles. The molecule has 1 heterocycles. The molecule has 0 saturated carbocycles. The molecule has 1 saturated heterocycles. The molecule has 1 rings (SSSR count). The molecular weight excluding hydrogens is 200 g/mol. The van der Waals surface area contributed by atoms with Crippen molar-refractivity contribution in [3.63, 3.8) is 0 Å². The van der Waals surface area contributed by atoms with Gasteiger partial charge in [-0.1, -0.05) is 0 Å². The molecule has 1 fully saturated rings.